The Balaban J connectivity index is 1.40. The zero-order chi connectivity index (χ0) is 18.8. The van der Waals surface area contributed by atoms with Crippen molar-refractivity contribution in [2.24, 2.45) is 0 Å². The molecule has 0 atom stereocenters. The topological polar surface area (TPSA) is 48.6 Å². The maximum atomic E-state index is 12.9. The van der Waals surface area contributed by atoms with Crippen molar-refractivity contribution in [2.75, 3.05) is 38.2 Å². The Labute approximate surface area is 159 Å². The number of hydrogen-bond acceptors (Lipinski definition) is 3. The van der Waals surface area contributed by atoms with Gasteiger partial charge in [0.05, 0.1) is 13.5 Å². The van der Waals surface area contributed by atoms with Crippen LogP contribution in [-0.4, -0.2) is 49.1 Å². The van der Waals surface area contributed by atoms with Crippen LogP contribution in [0.15, 0.2) is 48.5 Å². The first-order valence-electron chi connectivity index (χ1n) is 9.38. The number of rotatable bonds is 4. The van der Waals surface area contributed by atoms with Gasteiger partial charge in [-0.15, -0.1) is 0 Å². The van der Waals surface area contributed by atoms with E-state index in [1.54, 1.807) is 7.11 Å². The third-order valence-electron chi connectivity index (χ3n) is 5.42. The molecule has 0 radical (unpaired) electrons. The van der Waals surface area contributed by atoms with Gasteiger partial charge in [-0.05, 0) is 42.8 Å². The van der Waals surface area contributed by atoms with Gasteiger partial charge in [0.1, 0.15) is 5.75 Å². The Morgan fingerprint density at radius 3 is 2.44 bits per heavy atom. The van der Waals surface area contributed by atoms with Crippen molar-refractivity contribution in [1.29, 1.82) is 0 Å². The monoisotopic (exact) mass is 363 g/mol. The predicted molar refractivity (Wildman–Crippen MR) is 109 cm³/mol. The van der Waals surface area contributed by atoms with Crippen LogP contribution in [0.3, 0.4) is 0 Å². The fourth-order valence-electron chi connectivity index (χ4n) is 3.83. The van der Waals surface area contributed by atoms with Crippen molar-refractivity contribution in [3.8, 4) is 5.75 Å². The molecule has 1 N–H and O–H groups in total. The molecule has 2 aromatic carbocycles. The number of fused-ring (bicyclic) bond motifs is 1. The quantitative estimate of drug-likeness (QED) is 0.773. The number of piperazine rings is 1. The summed E-state index contributed by atoms with van der Waals surface area (Å²) in [5.41, 5.74) is 4.48. The number of methoxy groups -OCH3 is 1. The second-order valence-electron chi connectivity index (χ2n) is 7.02. The molecule has 1 saturated heterocycles. The molecule has 1 aromatic heterocycles. The first-order chi connectivity index (χ1) is 13.2. The minimum atomic E-state index is 0.206. The minimum Gasteiger partial charge on any atom is -0.497 e. The molecule has 1 fully saturated rings. The van der Waals surface area contributed by atoms with Crippen LogP contribution >= 0.6 is 0 Å². The molecule has 140 valence electrons. The lowest BCUT2D eigenvalue weighted by Crippen LogP contribution is -2.49. The summed E-state index contributed by atoms with van der Waals surface area (Å²) in [7, 11) is 1.68. The van der Waals surface area contributed by atoms with Crippen LogP contribution in [-0.2, 0) is 11.2 Å². The first kappa shape index (κ1) is 17.5. The summed E-state index contributed by atoms with van der Waals surface area (Å²) in [5.74, 6) is 1.07. The molecule has 5 nitrogen and oxygen atoms in total. The van der Waals surface area contributed by atoms with E-state index in [4.69, 9.17) is 4.74 Å². The zero-order valence-corrected chi connectivity index (χ0v) is 15.9. The molecule has 27 heavy (non-hydrogen) atoms. The number of nitrogens with zero attached hydrogens (tertiary/aromatic N) is 2. The van der Waals surface area contributed by atoms with E-state index in [1.165, 1.54) is 5.69 Å². The van der Waals surface area contributed by atoms with Crippen molar-refractivity contribution in [1.82, 2.24) is 9.88 Å². The lowest BCUT2D eigenvalue weighted by Gasteiger charge is -2.36. The van der Waals surface area contributed by atoms with E-state index in [2.05, 4.69) is 34.1 Å². The van der Waals surface area contributed by atoms with Gasteiger partial charge in [-0.1, -0.05) is 18.2 Å². The van der Waals surface area contributed by atoms with Crippen LogP contribution in [0.25, 0.3) is 10.9 Å². The number of benzene rings is 2. The third-order valence-corrected chi connectivity index (χ3v) is 5.42. The molecule has 2 heterocycles. The van der Waals surface area contributed by atoms with Gasteiger partial charge >= 0.3 is 0 Å². The second kappa shape index (κ2) is 7.35. The van der Waals surface area contributed by atoms with Gasteiger partial charge < -0.3 is 19.5 Å². The number of anilines is 1. The van der Waals surface area contributed by atoms with Crippen molar-refractivity contribution >= 4 is 22.5 Å². The number of aromatic amines is 1. The highest BCUT2D eigenvalue weighted by Gasteiger charge is 2.23. The molecule has 0 bridgehead atoms. The molecule has 0 saturated carbocycles. The van der Waals surface area contributed by atoms with E-state index in [0.29, 0.717) is 6.42 Å². The summed E-state index contributed by atoms with van der Waals surface area (Å²) in [6, 6.07) is 16.3. The normalized spacial score (nSPS) is 14.6. The molecular weight excluding hydrogens is 338 g/mol. The fourth-order valence-corrected chi connectivity index (χ4v) is 3.83. The highest BCUT2D eigenvalue weighted by Crippen LogP contribution is 2.24. The number of aryl methyl sites for hydroxylation is 1. The molecule has 5 heteroatoms. The molecule has 1 amide bonds. The standard InChI is InChI=1S/C22H25N3O2/c1-16-20(19-5-3-4-6-21(19)23-16)15-22(26)25-13-11-24(12-14-25)17-7-9-18(27-2)10-8-17/h3-10,23H,11-15H2,1-2H3. The summed E-state index contributed by atoms with van der Waals surface area (Å²) < 4.78 is 5.22. The SMILES string of the molecule is COc1ccc(N2CCN(C(=O)Cc3c(C)[nH]c4ccccc34)CC2)cc1. The van der Waals surface area contributed by atoms with Gasteiger partial charge in [0.25, 0.3) is 0 Å². The Morgan fingerprint density at radius 1 is 1.04 bits per heavy atom. The van der Waals surface area contributed by atoms with Crippen molar-refractivity contribution < 1.29 is 9.53 Å². The lowest BCUT2D eigenvalue weighted by molar-refractivity contribution is -0.130. The van der Waals surface area contributed by atoms with Gasteiger partial charge in [-0.3, -0.25) is 4.79 Å². The number of carbonyl (C=O) groups excluding carboxylic acids is 1. The Hall–Kier alpha value is -2.95. The average molecular weight is 363 g/mol. The summed E-state index contributed by atoms with van der Waals surface area (Å²) >= 11 is 0. The Morgan fingerprint density at radius 2 is 1.74 bits per heavy atom. The molecule has 3 aromatic rings. The van der Waals surface area contributed by atoms with E-state index in [1.807, 2.05) is 36.1 Å². The van der Waals surface area contributed by atoms with Crippen LogP contribution in [0, 0.1) is 6.92 Å². The summed E-state index contributed by atoms with van der Waals surface area (Å²) in [6.07, 6.45) is 0.457. The maximum Gasteiger partial charge on any atom is 0.227 e. The van der Waals surface area contributed by atoms with Crippen LogP contribution in [0.5, 0.6) is 5.75 Å². The molecule has 0 aliphatic carbocycles. The summed E-state index contributed by atoms with van der Waals surface area (Å²) in [4.78, 5) is 20.6. The first-order valence-corrected chi connectivity index (χ1v) is 9.38. The maximum absolute atomic E-state index is 12.9. The number of nitrogens with one attached hydrogen (secondary N) is 1. The van der Waals surface area contributed by atoms with Crippen molar-refractivity contribution in [3.05, 3.63) is 59.8 Å². The van der Waals surface area contributed by atoms with Gasteiger partial charge in [0, 0.05) is 48.5 Å². The van der Waals surface area contributed by atoms with Crippen molar-refractivity contribution in [2.45, 2.75) is 13.3 Å². The van der Waals surface area contributed by atoms with Gasteiger partial charge in [0.15, 0.2) is 0 Å². The molecule has 1 aliphatic heterocycles. The lowest BCUT2D eigenvalue weighted by atomic mass is 10.1. The van der Waals surface area contributed by atoms with Crippen LogP contribution in [0.2, 0.25) is 0 Å². The number of hydrogen-bond donors (Lipinski definition) is 1. The third kappa shape index (κ3) is 3.50. The number of H-pyrrole nitrogens is 1. The highest BCUT2D eigenvalue weighted by molar-refractivity contribution is 5.90. The average Bonchev–Trinajstić information content (AvgIpc) is 3.03. The summed E-state index contributed by atoms with van der Waals surface area (Å²) in [5, 5.41) is 1.15. The van der Waals surface area contributed by atoms with E-state index in [0.717, 1.165) is 54.1 Å². The van der Waals surface area contributed by atoms with Crippen LogP contribution in [0.4, 0.5) is 5.69 Å². The van der Waals surface area contributed by atoms with Gasteiger partial charge in [-0.2, -0.15) is 0 Å². The van der Waals surface area contributed by atoms with Gasteiger partial charge in [-0.25, -0.2) is 0 Å². The number of aromatic nitrogens is 1. The Bertz CT molecular complexity index is 938. The minimum absolute atomic E-state index is 0.206. The molecule has 1 aliphatic rings. The van der Waals surface area contributed by atoms with Crippen molar-refractivity contribution in [3.63, 3.8) is 0 Å². The predicted octanol–water partition coefficient (Wildman–Crippen LogP) is 3.38. The van der Waals surface area contributed by atoms with E-state index in [-0.39, 0.29) is 5.91 Å². The van der Waals surface area contributed by atoms with E-state index >= 15 is 0 Å². The highest BCUT2D eigenvalue weighted by atomic mass is 16.5. The molecular formula is C22H25N3O2. The fraction of sp³-hybridized carbons (Fsp3) is 0.318. The second-order valence-corrected chi connectivity index (χ2v) is 7.02. The van der Waals surface area contributed by atoms with Gasteiger partial charge in [0.2, 0.25) is 5.91 Å². The number of amides is 1. The largest absolute Gasteiger partial charge is 0.497 e. The van der Waals surface area contributed by atoms with E-state index < -0.39 is 0 Å². The molecule has 4 rings (SSSR count). The molecule has 0 unspecified atom stereocenters. The summed E-state index contributed by atoms with van der Waals surface area (Å²) in [6.45, 7) is 5.26. The molecule has 0 spiro atoms. The van der Waals surface area contributed by atoms with E-state index in [9.17, 15) is 4.79 Å². The number of para-hydroxylation sites is 1. The smallest absolute Gasteiger partial charge is 0.227 e. The number of ether oxygens (including phenoxy) is 1. The Kier molecular flexibility index (Phi) is 4.75. The number of carbonyl (C=O) groups is 1. The zero-order valence-electron chi connectivity index (χ0n) is 15.9. The van der Waals surface area contributed by atoms with Crippen LogP contribution in [0.1, 0.15) is 11.3 Å². The van der Waals surface area contributed by atoms with Crippen LogP contribution < -0.4 is 9.64 Å².